The van der Waals surface area contributed by atoms with E-state index in [1.165, 1.54) is 6.26 Å². The molecule has 0 bridgehead atoms. The third kappa shape index (κ3) is 4.24. The van der Waals surface area contributed by atoms with E-state index in [0.717, 1.165) is 22.5 Å². The van der Waals surface area contributed by atoms with Crippen LogP contribution in [0.15, 0.2) is 59.6 Å². The van der Waals surface area contributed by atoms with Gasteiger partial charge in [-0.3, -0.25) is 4.79 Å². The maximum Gasteiger partial charge on any atom is 0.257 e. The Morgan fingerprint density at radius 3 is 2.17 bits per heavy atom. The molecule has 1 unspecified atom stereocenters. The maximum atomic E-state index is 13.1. The third-order valence-electron chi connectivity index (χ3n) is 5.21. The summed E-state index contributed by atoms with van der Waals surface area (Å²) in [6, 6.07) is 14.4. The number of amides is 1. The van der Waals surface area contributed by atoms with Crippen molar-refractivity contribution in [3.63, 3.8) is 0 Å². The number of hydrogen-bond acceptors (Lipinski definition) is 4. The van der Waals surface area contributed by atoms with Crippen LogP contribution in [-0.2, 0) is 9.84 Å². The van der Waals surface area contributed by atoms with Crippen LogP contribution in [-0.4, -0.2) is 42.3 Å². The van der Waals surface area contributed by atoms with Gasteiger partial charge in [-0.25, -0.2) is 13.1 Å². The van der Waals surface area contributed by atoms with Gasteiger partial charge >= 0.3 is 0 Å². The first-order chi connectivity index (χ1) is 13.6. The first-order valence-electron chi connectivity index (χ1n) is 9.28. The zero-order valence-electron chi connectivity index (χ0n) is 17.2. The van der Waals surface area contributed by atoms with Crippen LogP contribution in [0.2, 0.25) is 0 Å². The molecule has 3 rings (SSSR count). The van der Waals surface area contributed by atoms with Gasteiger partial charge in [0.2, 0.25) is 0 Å². The Bertz CT molecular complexity index is 1130. The van der Waals surface area contributed by atoms with Crippen LogP contribution in [0.1, 0.15) is 40.1 Å². The average molecular weight is 412 g/mol. The van der Waals surface area contributed by atoms with Crippen molar-refractivity contribution in [3.05, 3.63) is 77.1 Å². The molecule has 1 amide bonds. The van der Waals surface area contributed by atoms with Crippen LogP contribution >= 0.6 is 0 Å². The van der Waals surface area contributed by atoms with Crippen molar-refractivity contribution in [2.75, 3.05) is 13.3 Å². The van der Waals surface area contributed by atoms with Crippen molar-refractivity contribution in [3.8, 4) is 5.69 Å². The van der Waals surface area contributed by atoms with Crippen LogP contribution < -0.4 is 0 Å². The fourth-order valence-corrected chi connectivity index (χ4v) is 3.78. The lowest BCUT2D eigenvalue weighted by atomic mass is 10.1. The number of rotatable bonds is 5. The quantitative estimate of drug-likeness (QED) is 0.641. The zero-order valence-corrected chi connectivity index (χ0v) is 18.1. The smallest absolute Gasteiger partial charge is 0.257 e. The predicted octanol–water partition coefficient (Wildman–Crippen LogP) is 3.73. The van der Waals surface area contributed by atoms with Crippen LogP contribution in [0.25, 0.3) is 5.69 Å². The highest BCUT2D eigenvalue weighted by atomic mass is 32.2. The van der Waals surface area contributed by atoms with E-state index in [-0.39, 0.29) is 16.8 Å². The minimum Gasteiger partial charge on any atom is -0.335 e. The molecule has 29 heavy (non-hydrogen) atoms. The molecule has 0 spiro atoms. The number of benzene rings is 2. The Labute approximate surface area is 171 Å². The van der Waals surface area contributed by atoms with Crippen molar-refractivity contribution < 1.29 is 13.2 Å². The molecule has 0 N–H and O–H groups in total. The Kier molecular flexibility index (Phi) is 5.61. The lowest BCUT2D eigenvalue weighted by Crippen LogP contribution is -2.30. The molecule has 0 saturated heterocycles. The Morgan fingerprint density at radius 1 is 1.03 bits per heavy atom. The summed E-state index contributed by atoms with van der Waals surface area (Å²) in [5.41, 5.74) is 4.22. The summed E-state index contributed by atoms with van der Waals surface area (Å²) in [7, 11) is -1.51. The average Bonchev–Trinajstić information content (AvgIpc) is 3.07. The standard InChI is InChI=1S/C22H25N3O3S/c1-15-6-10-19(11-7-15)25-17(3)21(14-23-25)22(26)24(4)16(2)18-8-12-20(13-9-18)29(5,27)28/h6-14,16H,1-5H3. The molecule has 1 aromatic heterocycles. The molecule has 3 aromatic rings. The molecule has 0 aliphatic carbocycles. The van der Waals surface area contributed by atoms with Gasteiger partial charge in [-0.2, -0.15) is 5.10 Å². The van der Waals surface area contributed by atoms with Crippen molar-refractivity contribution in [2.24, 2.45) is 0 Å². The van der Waals surface area contributed by atoms with Crippen molar-refractivity contribution >= 4 is 15.7 Å². The second-order valence-electron chi connectivity index (χ2n) is 7.32. The summed E-state index contributed by atoms with van der Waals surface area (Å²) < 4.78 is 25.0. The van der Waals surface area contributed by atoms with Gasteiger partial charge in [0.05, 0.1) is 34.1 Å². The second-order valence-corrected chi connectivity index (χ2v) is 9.34. The van der Waals surface area contributed by atoms with Gasteiger partial charge in [-0.05, 0) is 50.6 Å². The molecule has 1 heterocycles. The van der Waals surface area contributed by atoms with Gasteiger partial charge in [0.15, 0.2) is 9.84 Å². The Balaban J connectivity index is 1.84. The molecule has 0 saturated carbocycles. The van der Waals surface area contributed by atoms with E-state index in [0.29, 0.717) is 5.56 Å². The second kappa shape index (κ2) is 7.83. The van der Waals surface area contributed by atoms with Crippen molar-refractivity contribution in [1.82, 2.24) is 14.7 Å². The summed E-state index contributed by atoms with van der Waals surface area (Å²) in [4.78, 5) is 15.0. The minimum atomic E-state index is -3.25. The zero-order chi connectivity index (χ0) is 21.3. The highest BCUT2D eigenvalue weighted by Crippen LogP contribution is 2.24. The van der Waals surface area contributed by atoms with E-state index in [1.807, 2.05) is 45.0 Å². The maximum absolute atomic E-state index is 13.1. The number of aromatic nitrogens is 2. The molecule has 0 fully saturated rings. The van der Waals surface area contributed by atoms with E-state index in [2.05, 4.69) is 5.10 Å². The number of sulfone groups is 1. The van der Waals surface area contributed by atoms with Gasteiger partial charge < -0.3 is 4.90 Å². The summed E-state index contributed by atoms with van der Waals surface area (Å²) in [6.07, 6.45) is 2.77. The first-order valence-corrected chi connectivity index (χ1v) is 11.2. The van der Waals surface area contributed by atoms with E-state index in [1.54, 1.807) is 47.1 Å². The molecule has 6 nitrogen and oxygen atoms in total. The Hall–Kier alpha value is -2.93. The van der Waals surface area contributed by atoms with Crippen molar-refractivity contribution in [1.29, 1.82) is 0 Å². The molecule has 0 aliphatic heterocycles. The van der Waals surface area contributed by atoms with E-state index in [4.69, 9.17) is 0 Å². The summed E-state index contributed by atoms with van der Waals surface area (Å²) in [6.45, 7) is 5.81. The normalized spacial score (nSPS) is 12.6. The van der Waals surface area contributed by atoms with Crippen LogP contribution in [0, 0.1) is 13.8 Å². The lowest BCUT2D eigenvalue weighted by molar-refractivity contribution is 0.0742. The summed E-state index contributed by atoms with van der Waals surface area (Å²) in [5, 5.41) is 4.39. The highest BCUT2D eigenvalue weighted by molar-refractivity contribution is 7.90. The van der Waals surface area contributed by atoms with E-state index < -0.39 is 9.84 Å². The SMILES string of the molecule is Cc1ccc(-n2ncc(C(=O)N(C)C(C)c3ccc(S(C)(=O)=O)cc3)c2C)cc1. The van der Waals surface area contributed by atoms with Gasteiger partial charge in [0, 0.05) is 13.3 Å². The molecule has 2 aromatic carbocycles. The highest BCUT2D eigenvalue weighted by Gasteiger charge is 2.23. The van der Waals surface area contributed by atoms with Gasteiger partial charge in [-0.1, -0.05) is 29.8 Å². The number of carbonyl (C=O) groups is 1. The van der Waals surface area contributed by atoms with Crippen LogP contribution in [0.3, 0.4) is 0 Å². The number of aryl methyl sites for hydroxylation is 1. The van der Waals surface area contributed by atoms with E-state index >= 15 is 0 Å². The molecular formula is C22H25N3O3S. The molecule has 1 atom stereocenters. The number of carbonyl (C=O) groups excluding carboxylic acids is 1. The first kappa shape index (κ1) is 20.8. The molecular weight excluding hydrogens is 386 g/mol. The third-order valence-corrected chi connectivity index (χ3v) is 6.34. The summed E-state index contributed by atoms with van der Waals surface area (Å²) >= 11 is 0. The Morgan fingerprint density at radius 2 is 1.62 bits per heavy atom. The minimum absolute atomic E-state index is 0.138. The number of hydrogen-bond donors (Lipinski definition) is 0. The lowest BCUT2D eigenvalue weighted by Gasteiger charge is -2.25. The molecule has 152 valence electrons. The van der Waals surface area contributed by atoms with Crippen LogP contribution in [0.5, 0.6) is 0 Å². The van der Waals surface area contributed by atoms with Crippen LogP contribution in [0.4, 0.5) is 0 Å². The fraction of sp³-hybridized carbons (Fsp3) is 0.273. The van der Waals surface area contributed by atoms with Gasteiger partial charge in [0.25, 0.3) is 5.91 Å². The van der Waals surface area contributed by atoms with Crippen molar-refractivity contribution in [2.45, 2.75) is 31.7 Å². The molecule has 0 aliphatic rings. The predicted molar refractivity (Wildman–Crippen MR) is 113 cm³/mol. The molecule has 7 heteroatoms. The monoisotopic (exact) mass is 411 g/mol. The van der Waals surface area contributed by atoms with E-state index in [9.17, 15) is 13.2 Å². The van der Waals surface area contributed by atoms with Gasteiger partial charge in [0.1, 0.15) is 0 Å². The fourth-order valence-electron chi connectivity index (χ4n) is 3.15. The summed E-state index contributed by atoms with van der Waals surface area (Å²) in [5.74, 6) is -0.138. The largest absolute Gasteiger partial charge is 0.335 e. The number of nitrogens with zero attached hydrogens (tertiary/aromatic N) is 3. The molecule has 0 radical (unpaired) electrons. The topological polar surface area (TPSA) is 72.3 Å². The van der Waals surface area contributed by atoms with Gasteiger partial charge in [-0.15, -0.1) is 0 Å².